The number of hydrogen-bond acceptors (Lipinski definition) is 3. The Labute approximate surface area is 126 Å². The third-order valence-corrected chi connectivity index (χ3v) is 3.66. The van der Waals surface area contributed by atoms with E-state index in [1.54, 1.807) is 6.07 Å². The minimum Gasteiger partial charge on any atom is -0.389 e. The Morgan fingerprint density at radius 1 is 1.37 bits per heavy atom. The molecule has 0 amide bonds. The lowest BCUT2D eigenvalue weighted by Gasteiger charge is -2.18. The van der Waals surface area contributed by atoms with Gasteiger partial charge in [0.1, 0.15) is 4.99 Å². The molecule has 0 aromatic heterocycles. The second-order valence-electron chi connectivity index (χ2n) is 4.37. The van der Waals surface area contributed by atoms with Gasteiger partial charge in [-0.3, -0.25) is 0 Å². The van der Waals surface area contributed by atoms with E-state index in [2.05, 4.69) is 24.1 Å². The van der Waals surface area contributed by atoms with Crippen LogP contribution in [0.4, 0.5) is 5.69 Å². The zero-order chi connectivity index (χ0) is 14.3. The number of nitrogens with zero attached hydrogens (tertiary/aromatic N) is 1. The van der Waals surface area contributed by atoms with Gasteiger partial charge in [-0.1, -0.05) is 37.7 Å². The molecule has 0 saturated carbocycles. The van der Waals surface area contributed by atoms with E-state index in [9.17, 15) is 0 Å². The molecule has 0 aliphatic heterocycles. The fourth-order valence-electron chi connectivity index (χ4n) is 1.88. The molecule has 0 unspecified atom stereocenters. The van der Waals surface area contributed by atoms with Crippen molar-refractivity contribution in [1.82, 2.24) is 4.90 Å². The van der Waals surface area contributed by atoms with E-state index in [1.807, 2.05) is 12.1 Å². The SMILES string of the molecule is CCN(CC)CCCNc1ccc(C(N)=S)cc1Cl. The molecule has 0 fully saturated rings. The van der Waals surface area contributed by atoms with Crippen LogP contribution < -0.4 is 11.1 Å². The van der Waals surface area contributed by atoms with E-state index in [1.165, 1.54) is 0 Å². The largest absolute Gasteiger partial charge is 0.389 e. The first-order valence-electron chi connectivity index (χ1n) is 6.64. The molecule has 0 aliphatic carbocycles. The van der Waals surface area contributed by atoms with E-state index in [4.69, 9.17) is 29.6 Å². The predicted octanol–water partition coefficient (Wildman–Crippen LogP) is 3.12. The van der Waals surface area contributed by atoms with Gasteiger partial charge >= 0.3 is 0 Å². The van der Waals surface area contributed by atoms with E-state index in [-0.39, 0.29) is 0 Å². The molecule has 19 heavy (non-hydrogen) atoms. The van der Waals surface area contributed by atoms with Crippen molar-refractivity contribution < 1.29 is 0 Å². The lowest BCUT2D eigenvalue weighted by atomic mass is 10.2. The number of nitrogens with two attached hydrogens (primary N) is 1. The maximum atomic E-state index is 6.18. The summed E-state index contributed by atoms with van der Waals surface area (Å²) < 4.78 is 0. The second-order valence-corrected chi connectivity index (χ2v) is 5.21. The zero-order valence-corrected chi connectivity index (χ0v) is 13.2. The monoisotopic (exact) mass is 299 g/mol. The standard InChI is InChI=1S/C14H22ClN3S/c1-3-18(4-2)9-5-8-17-13-7-6-11(14(16)19)10-12(13)15/h6-7,10,17H,3-5,8-9H2,1-2H3,(H2,16,19). The van der Waals surface area contributed by atoms with Crippen molar-refractivity contribution in [2.45, 2.75) is 20.3 Å². The molecule has 0 radical (unpaired) electrons. The molecule has 5 heteroatoms. The number of rotatable bonds is 8. The lowest BCUT2D eigenvalue weighted by molar-refractivity contribution is 0.303. The summed E-state index contributed by atoms with van der Waals surface area (Å²) in [6.07, 6.45) is 1.09. The van der Waals surface area contributed by atoms with Crippen LogP contribution in [0.3, 0.4) is 0 Å². The van der Waals surface area contributed by atoms with Crippen LogP contribution in [0.1, 0.15) is 25.8 Å². The molecule has 3 N–H and O–H groups in total. The van der Waals surface area contributed by atoms with Crippen molar-refractivity contribution in [3.8, 4) is 0 Å². The van der Waals surface area contributed by atoms with E-state index in [0.29, 0.717) is 10.0 Å². The van der Waals surface area contributed by atoms with Crippen LogP contribution in [0.15, 0.2) is 18.2 Å². The average molecular weight is 300 g/mol. The van der Waals surface area contributed by atoms with Crippen LogP contribution in [0, 0.1) is 0 Å². The first-order chi connectivity index (χ1) is 9.08. The fourth-order valence-corrected chi connectivity index (χ4v) is 2.25. The van der Waals surface area contributed by atoms with Crippen molar-refractivity contribution in [3.63, 3.8) is 0 Å². The Bertz CT molecular complexity index is 419. The Balaban J connectivity index is 2.43. The van der Waals surface area contributed by atoms with Crippen LogP contribution in [-0.2, 0) is 0 Å². The van der Waals surface area contributed by atoms with Gasteiger partial charge in [0.15, 0.2) is 0 Å². The Morgan fingerprint density at radius 2 is 2.05 bits per heavy atom. The highest BCUT2D eigenvalue weighted by Gasteiger charge is 2.04. The molecule has 1 rings (SSSR count). The maximum absolute atomic E-state index is 6.18. The summed E-state index contributed by atoms with van der Waals surface area (Å²) in [7, 11) is 0. The molecule has 0 atom stereocenters. The van der Waals surface area contributed by atoms with Gasteiger partial charge in [-0.15, -0.1) is 0 Å². The van der Waals surface area contributed by atoms with E-state index in [0.717, 1.165) is 43.9 Å². The Kier molecular flexibility index (Phi) is 7.13. The van der Waals surface area contributed by atoms with E-state index >= 15 is 0 Å². The maximum Gasteiger partial charge on any atom is 0.104 e. The molecule has 0 saturated heterocycles. The average Bonchev–Trinajstić information content (AvgIpc) is 2.40. The number of halogens is 1. The molecular weight excluding hydrogens is 278 g/mol. The molecule has 0 bridgehead atoms. The van der Waals surface area contributed by atoms with Crippen LogP contribution >= 0.6 is 23.8 Å². The van der Waals surface area contributed by atoms with Gasteiger partial charge in [0.05, 0.1) is 10.7 Å². The molecule has 0 spiro atoms. The minimum absolute atomic E-state index is 0.370. The fraction of sp³-hybridized carbons (Fsp3) is 0.500. The highest BCUT2D eigenvalue weighted by molar-refractivity contribution is 7.80. The summed E-state index contributed by atoms with van der Waals surface area (Å²) in [5.41, 5.74) is 7.30. The summed E-state index contributed by atoms with van der Waals surface area (Å²) in [5.74, 6) is 0. The summed E-state index contributed by atoms with van der Waals surface area (Å²) in [5, 5.41) is 4.00. The Morgan fingerprint density at radius 3 is 2.58 bits per heavy atom. The van der Waals surface area contributed by atoms with Crippen molar-refractivity contribution in [3.05, 3.63) is 28.8 Å². The minimum atomic E-state index is 0.370. The third-order valence-electron chi connectivity index (χ3n) is 3.11. The van der Waals surface area contributed by atoms with Crippen molar-refractivity contribution in [2.75, 3.05) is 31.5 Å². The number of nitrogens with one attached hydrogen (secondary N) is 1. The first kappa shape index (κ1) is 16.2. The highest BCUT2D eigenvalue weighted by atomic mass is 35.5. The molecule has 1 aromatic carbocycles. The molecule has 0 aliphatic rings. The van der Waals surface area contributed by atoms with Crippen molar-refractivity contribution >= 4 is 34.5 Å². The summed E-state index contributed by atoms with van der Waals surface area (Å²) in [6.45, 7) is 8.56. The lowest BCUT2D eigenvalue weighted by Crippen LogP contribution is -2.25. The molecule has 1 aromatic rings. The molecule has 0 heterocycles. The highest BCUT2D eigenvalue weighted by Crippen LogP contribution is 2.22. The molecule has 3 nitrogen and oxygen atoms in total. The second kappa shape index (κ2) is 8.35. The van der Waals surface area contributed by atoms with Gasteiger partial charge < -0.3 is 16.0 Å². The smallest absolute Gasteiger partial charge is 0.104 e. The van der Waals surface area contributed by atoms with Gasteiger partial charge in [0.2, 0.25) is 0 Å². The van der Waals surface area contributed by atoms with Crippen LogP contribution in [-0.4, -0.2) is 36.1 Å². The molecule has 106 valence electrons. The van der Waals surface area contributed by atoms with Crippen LogP contribution in [0.25, 0.3) is 0 Å². The normalized spacial score (nSPS) is 10.7. The van der Waals surface area contributed by atoms with Gasteiger partial charge in [0.25, 0.3) is 0 Å². The number of anilines is 1. The third kappa shape index (κ3) is 5.35. The van der Waals surface area contributed by atoms with Crippen LogP contribution in [0.5, 0.6) is 0 Å². The van der Waals surface area contributed by atoms with Gasteiger partial charge in [-0.05, 0) is 44.3 Å². The Hall–Kier alpha value is -0.840. The summed E-state index contributed by atoms with van der Waals surface area (Å²) in [6, 6.07) is 5.62. The van der Waals surface area contributed by atoms with Gasteiger partial charge in [-0.2, -0.15) is 0 Å². The molecular formula is C14H22ClN3S. The number of thiocarbonyl (C=S) groups is 1. The quantitative estimate of drug-likeness (QED) is 0.572. The number of hydrogen-bond donors (Lipinski definition) is 2. The predicted molar refractivity (Wildman–Crippen MR) is 88.2 cm³/mol. The first-order valence-corrected chi connectivity index (χ1v) is 7.42. The summed E-state index contributed by atoms with van der Waals surface area (Å²) in [4.78, 5) is 2.77. The summed E-state index contributed by atoms with van der Waals surface area (Å²) >= 11 is 11.1. The van der Waals surface area contributed by atoms with Crippen molar-refractivity contribution in [1.29, 1.82) is 0 Å². The van der Waals surface area contributed by atoms with Gasteiger partial charge in [0, 0.05) is 12.1 Å². The van der Waals surface area contributed by atoms with Gasteiger partial charge in [-0.25, -0.2) is 0 Å². The zero-order valence-electron chi connectivity index (χ0n) is 11.6. The van der Waals surface area contributed by atoms with Crippen molar-refractivity contribution in [2.24, 2.45) is 5.73 Å². The van der Waals surface area contributed by atoms with Crippen LogP contribution in [0.2, 0.25) is 5.02 Å². The van der Waals surface area contributed by atoms with E-state index < -0.39 is 0 Å². The topological polar surface area (TPSA) is 41.3 Å². The number of benzene rings is 1.